The number of urea groups is 1. The van der Waals surface area contributed by atoms with Crippen LogP contribution in [0.25, 0.3) is 0 Å². The Morgan fingerprint density at radius 1 is 1.38 bits per heavy atom. The van der Waals surface area contributed by atoms with E-state index in [4.69, 9.17) is 44.3 Å². The Morgan fingerprint density at radius 2 is 2.08 bits per heavy atom. The van der Waals surface area contributed by atoms with Gasteiger partial charge in [0.2, 0.25) is 3.79 Å². The number of amides is 2. The Balaban J connectivity index is 2.28. The van der Waals surface area contributed by atoms with Crippen LogP contribution >= 0.6 is 34.8 Å². The second-order valence-electron chi connectivity index (χ2n) is 5.08. The van der Waals surface area contributed by atoms with Crippen LogP contribution in [-0.4, -0.2) is 29.5 Å². The molecular weight excluding hydrogens is 379 g/mol. The molecule has 24 heavy (non-hydrogen) atoms. The number of carbonyl (C=O) groups is 2. The third kappa shape index (κ3) is 4.69. The van der Waals surface area contributed by atoms with Gasteiger partial charge in [-0.05, 0) is 17.7 Å². The number of nitrogens with one attached hydrogen (secondary N) is 2. The Bertz CT molecular complexity index is 660. The highest BCUT2D eigenvalue weighted by Crippen LogP contribution is 2.33. The number of rotatable bonds is 4. The van der Waals surface area contributed by atoms with Gasteiger partial charge in [-0.3, -0.25) is 4.79 Å². The van der Waals surface area contributed by atoms with E-state index in [1.54, 1.807) is 24.3 Å². The zero-order valence-corrected chi connectivity index (χ0v) is 14.9. The van der Waals surface area contributed by atoms with Gasteiger partial charge in [0.25, 0.3) is 0 Å². The second-order valence-corrected chi connectivity index (χ2v) is 7.59. The molecule has 0 bridgehead atoms. The Kier molecular flexibility index (Phi) is 5.85. The Morgan fingerprint density at radius 3 is 2.71 bits per heavy atom. The van der Waals surface area contributed by atoms with Gasteiger partial charge in [-0.25, -0.2) is 4.79 Å². The molecule has 2 rings (SSSR count). The van der Waals surface area contributed by atoms with E-state index in [2.05, 4.69) is 17.2 Å². The maximum absolute atomic E-state index is 12.4. The Labute approximate surface area is 154 Å². The third-order valence-corrected chi connectivity index (χ3v) is 3.68. The number of hydrogen-bond acceptors (Lipinski definition) is 4. The number of benzene rings is 1. The summed E-state index contributed by atoms with van der Waals surface area (Å²) in [5.74, 6) is -0.979. The number of methoxy groups -OCH3 is 1. The summed E-state index contributed by atoms with van der Waals surface area (Å²) in [6.07, 6.45) is 0. The predicted octanol–water partition coefficient (Wildman–Crippen LogP) is 3.09. The highest BCUT2D eigenvalue weighted by molar-refractivity contribution is 6.67. The minimum atomic E-state index is -1.73. The molecule has 1 fully saturated rings. The van der Waals surface area contributed by atoms with Gasteiger partial charge >= 0.3 is 12.0 Å². The van der Waals surface area contributed by atoms with Crippen LogP contribution in [-0.2, 0) is 9.53 Å². The topological polar surface area (TPSA) is 76.7 Å². The van der Waals surface area contributed by atoms with Crippen molar-refractivity contribution < 1.29 is 19.1 Å². The van der Waals surface area contributed by atoms with Crippen molar-refractivity contribution in [3.05, 3.63) is 42.1 Å². The van der Waals surface area contributed by atoms with Crippen LogP contribution in [0.2, 0.25) is 0 Å². The normalized spacial score (nSPS) is 20.8. The number of carbonyl (C=O) groups excluding carboxylic acids is 2. The first-order chi connectivity index (χ1) is 11.2. The molecule has 1 aliphatic heterocycles. The molecule has 9 heteroatoms. The van der Waals surface area contributed by atoms with Crippen molar-refractivity contribution in [1.82, 2.24) is 10.6 Å². The number of alkyl halides is 3. The molecule has 2 amide bonds. The van der Waals surface area contributed by atoms with Gasteiger partial charge in [-0.2, -0.15) is 0 Å². The number of esters is 1. The molecule has 6 nitrogen and oxygen atoms in total. The highest BCUT2D eigenvalue weighted by atomic mass is 35.6. The zero-order valence-electron chi connectivity index (χ0n) is 12.6. The van der Waals surface area contributed by atoms with Crippen molar-refractivity contribution in [2.24, 2.45) is 5.92 Å². The summed E-state index contributed by atoms with van der Waals surface area (Å²) < 4.78 is 8.48. The fourth-order valence-corrected chi connectivity index (χ4v) is 2.48. The van der Waals surface area contributed by atoms with E-state index >= 15 is 0 Å². The molecule has 2 N–H and O–H groups in total. The SMILES string of the molecule is C=C1NC(=O)NC(c2cccc(OC)c2)C1C(=O)OCC(Cl)(Cl)Cl. The lowest BCUT2D eigenvalue weighted by Crippen LogP contribution is -2.51. The largest absolute Gasteiger partial charge is 0.497 e. The van der Waals surface area contributed by atoms with E-state index in [-0.39, 0.29) is 5.70 Å². The van der Waals surface area contributed by atoms with Gasteiger partial charge in [0.1, 0.15) is 18.3 Å². The van der Waals surface area contributed by atoms with Crippen LogP contribution in [0.15, 0.2) is 36.5 Å². The summed E-state index contributed by atoms with van der Waals surface area (Å²) in [5, 5.41) is 5.14. The summed E-state index contributed by atoms with van der Waals surface area (Å²) in [6, 6.07) is 5.79. The number of halogens is 3. The first kappa shape index (κ1) is 18.7. The second kappa shape index (κ2) is 7.51. The van der Waals surface area contributed by atoms with Crippen molar-refractivity contribution in [3.8, 4) is 5.75 Å². The molecule has 0 aliphatic carbocycles. The van der Waals surface area contributed by atoms with Crippen LogP contribution < -0.4 is 15.4 Å². The summed E-state index contributed by atoms with van der Waals surface area (Å²) in [6.45, 7) is 3.31. The van der Waals surface area contributed by atoms with Gasteiger partial charge in [0.15, 0.2) is 0 Å². The molecule has 0 aromatic heterocycles. The minimum absolute atomic E-state index is 0.195. The lowest BCUT2D eigenvalue weighted by atomic mass is 9.89. The zero-order chi connectivity index (χ0) is 17.9. The maximum atomic E-state index is 12.4. The van der Waals surface area contributed by atoms with E-state index in [9.17, 15) is 9.59 Å². The van der Waals surface area contributed by atoms with Crippen molar-refractivity contribution >= 4 is 46.8 Å². The fraction of sp³-hybridized carbons (Fsp3) is 0.333. The number of ether oxygens (including phenoxy) is 2. The van der Waals surface area contributed by atoms with Crippen LogP contribution in [0, 0.1) is 5.92 Å². The maximum Gasteiger partial charge on any atom is 0.319 e. The van der Waals surface area contributed by atoms with Gasteiger partial charge in [-0.15, -0.1) is 0 Å². The standard InChI is InChI=1S/C15H15Cl3N2O4/c1-8-11(13(21)24-7-15(16,17)18)12(20-14(22)19-8)9-4-3-5-10(6-9)23-2/h3-6,11-12H,1,7H2,2H3,(H2,19,20,22). The van der Waals surface area contributed by atoms with Gasteiger partial charge < -0.3 is 20.1 Å². The smallest absolute Gasteiger partial charge is 0.319 e. The first-order valence-corrected chi connectivity index (χ1v) is 7.98. The molecule has 1 aromatic rings. The summed E-state index contributed by atoms with van der Waals surface area (Å²) >= 11 is 16.8. The first-order valence-electron chi connectivity index (χ1n) is 6.85. The molecule has 1 aromatic carbocycles. The van der Waals surface area contributed by atoms with E-state index in [1.165, 1.54) is 7.11 Å². The molecule has 0 radical (unpaired) electrons. The highest BCUT2D eigenvalue weighted by Gasteiger charge is 2.39. The molecule has 1 heterocycles. The predicted molar refractivity (Wildman–Crippen MR) is 91.3 cm³/mol. The van der Waals surface area contributed by atoms with Crippen molar-refractivity contribution in [2.75, 3.05) is 13.7 Å². The summed E-state index contributed by atoms with van der Waals surface area (Å²) in [7, 11) is 1.52. The molecule has 130 valence electrons. The van der Waals surface area contributed by atoms with Crippen molar-refractivity contribution in [3.63, 3.8) is 0 Å². The van der Waals surface area contributed by atoms with Crippen LogP contribution in [0.4, 0.5) is 4.79 Å². The average molecular weight is 394 g/mol. The quantitative estimate of drug-likeness (QED) is 0.609. The molecule has 2 atom stereocenters. The van der Waals surface area contributed by atoms with E-state index < -0.39 is 34.4 Å². The average Bonchev–Trinajstić information content (AvgIpc) is 2.51. The minimum Gasteiger partial charge on any atom is -0.497 e. The van der Waals surface area contributed by atoms with Crippen LogP contribution in [0.5, 0.6) is 5.75 Å². The Hall–Kier alpha value is -1.63. The van der Waals surface area contributed by atoms with E-state index in [0.29, 0.717) is 11.3 Å². The van der Waals surface area contributed by atoms with Crippen molar-refractivity contribution in [1.29, 1.82) is 0 Å². The van der Waals surface area contributed by atoms with Crippen molar-refractivity contribution in [2.45, 2.75) is 9.83 Å². The number of hydrogen-bond donors (Lipinski definition) is 2. The van der Waals surface area contributed by atoms with Crippen LogP contribution in [0.3, 0.4) is 0 Å². The molecule has 1 aliphatic rings. The van der Waals surface area contributed by atoms with E-state index in [1.807, 2.05) is 0 Å². The molecule has 0 saturated carbocycles. The van der Waals surface area contributed by atoms with Crippen LogP contribution in [0.1, 0.15) is 11.6 Å². The van der Waals surface area contributed by atoms with Gasteiger partial charge in [0.05, 0.1) is 13.2 Å². The summed E-state index contributed by atoms with van der Waals surface area (Å²) in [5.41, 5.74) is 0.849. The molecular formula is C15H15Cl3N2O4. The van der Waals surface area contributed by atoms with E-state index in [0.717, 1.165) is 0 Å². The lowest BCUT2D eigenvalue weighted by Gasteiger charge is -2.33. The lowest BCUT2D eigenvalue weighted by molar-refractivity contribution is -0.148. The van der Waals surface area contributed by atoms with Gasteiger partial charge in [-0.1, -0.05) is 53.5 Å². The monoisotopic (exact) mass is 392 g/mol. The third-order valence-electron chi connectivity index (χ3n) is 3.35. The molecule has 0 spiro atoms. The summed E-state index contributed by atoms with van der Waals surface area (Å²) in [4.78, 5) is 24.2. The molecule has 2 unspecified atom stereocenters. The fourth-order valence-electron chi connectivity index (χ4n) is 2.32. The molecule has 1 saturated heterocycles. The van der Waals surface area contributed by atoms with Gasteiger partial charge in [0, 0.05) is 5.70 Å².